The molecule has 1 saturated carbocycles. The Morgan fingerprint density at radius 1 is 0.986 bits per heavy atom. The van der Waals surface area contributed by atoms with Gasteiger partial charge in [0.05, 0.1) is 58.7 Å². The molecule has 1 aliphatic carbocycles. The average Bonchev–Trinajstić information content (AvgIpc) is 4.23. The van der Waals surface area contributed by atoms with Crippen LogP contribution in [0.1, 0.15) is 85.8 Å². The maximum absolute atomic E-state index is 16.2. The molecule has 7 aliphatic heterocycles. The molecule has 2 aromatic heterocycles. The Hall–Kier alpha value is -6.25. The van der Waals surface area contributed by atoms with Gasteiger partial charge in [0, 0.05) is 86.9 Å². The summed E-state index contributed by atoms with van der Waals surface area (Å²) in [6.07, 6.45) is 9.22. The van der Waals surface area contributed by atoms with Gasteiger partial charge in [-0.2, -0.15) is 4.98 Å². The first-order valence-corrected chi connectivity index (χ1v) is 27.8. The van der Waals surface area contributed by atoms with Crippen LogP contribution in [0.5, 0.6) is 11.6 Å². The first kappa shape index (κ1) is 47.5. The minimum atomic E-state index is -4.78. The molecule has 19 heteroatoms. The highest BCUT2D eigenvalue weighted by molar-refractivity contribution is 7.91. The Morgan fingerprint density at radius 3 is 2.59 bits per heavy atom. The van der Waals surface area contributed by atoms with Crippen molar-refractivity contribution in [2.75, 3.05) is 80.8 Å². The molecule has 3 aromatic carbocycles. The number of fused-ring (bicyclic) bond motifs is 6. The number of rotatable bonds is 11. The van der Waals surface area contributed by atoms with Gasteiger partial charge in [-0.1, -0.05) is 36.4 Å². The van der Waals surface area contributed by atoms with Crippen molar-refractivity contribution in [2.24, 2.45) is 17.1 Å². The molecule has 5 aromatic rings. The Kier molecular flexibility index (Phi) is 11.7. The highest BCUT2D eigenvalue weighted by atomic mass is 32.2. The molecule has 0 unspecified atom stereocenters. The van der Waals surface area contributed by atoms with E-state index < -0.39 is 26.4 Å². The number of carbonyl (C=O) groups is 1. The number of primary amides is 1. The SMILES string of the molecule is C=C(C)c1ccccc1[C@@H]1CCCN1C1CC2(CCN(c3ccc(C(N)=O)c(N4C[C@@H]5COCC[C@@H]5Oc5nc6[nH]ccc6cc54)c3S(=O)(=O)c3cc4c(c([N+](=O)[O-])c3)N[C@@H](CN3C[C@H]5C[C@@H]3CO5)CO4)CC2)C1. The number of benzene rings is 3. The number of hydrogen-bond donors (Lipinski definition) is 3. The van der Waals surface area contributed by atoms with Crippen molar-refractivity contribution in [1.82, 2.24) is 19.8 Å². The number of amides is 1. The summed E-state index contributed by atoms with van der Waals surface area (Å²) in [5.74, 6) is -0.762. The molecule has 1 amide bonds. The lowest BCUT2D eigenvalue weighted by Gasteiger charge is -2.56. The van der Waals surface area contributed by atoms with Gasteiger partial charge >= 0.3 is 0 Å². The van der Waals surface area contributed by atoms with Gasteiger partial charge in [-0.3, -0.25) is 24.7 Å². The molecule has 9 heterocycles. The summed E-state index contributed by atoms with van der Waals surface area (Å²) in [6.45, 7) is 11.7. The number of nitrogens with two attached hydrogens (primary N) is 1. The van der Waals surface area contributed by atoms with Crippen molar-refractivity contribution >= 4 is 60.8 Å². The topological polar surface area (TPSA) is 211 Å². The Morgan fingerprint density at radius 2 is 1.82 bits per heavy atom. The predicted molar refractivity (Wildman–Crippen MR) is 279 cm³/mol. The van der Waals surface area contributed by atoms with Crippen LogP contribution < -0.4 is 30.3 Å². The van der Waals surface area contributed by atoms with E-state index in [0.29, 0.717) is 75.0 Å². The van der Waals surface area contributed by atoms with Crippen LogP contribution in [-0.4, -0.2) is 135 Å². The molecule has 74 heavy (non-hydrogen) atoms. The first-order valence-electron chi connectivity index (χ1n) is 26.4. The molecule has 388 valence electrons. The minimum absolute atomic E-state index is 0.0273. The summed E-state index contributed by atoms with van der Waals surface area (Å²) in [5.41, 5.74) is 11.2. The number of nitrogens with one attached hydrogen (secondary N) is 2. The molecule has 18 nitrogen and oxygen atoms in total. The smallest absolute Gasteiger partial charge is 0.297 e. The zero-order valence-electron chi connectivity index (χ0n) is 41.7. The van der Waals surface area contributed by atoms with E-state index >= 15 is 8.42 Å². The van der Waals surface area contributed by atoms with Crippen LogP contribution in [0, 0.1) is 21.4 Å². The van der Waals surface area contributed by atoms with Crippen molar-refractivity contribution in [1.29, 1.82) is 0 Å². The summed E-state index contributed by atoms with van der Waals surface area (Å²) in [4.78, 5) is 43.1. The maximum Gasteiger partial charge on any atom is 0.297 e. The molecule has 6 atom stereocenters. The maximum atomic E-state index is 16.2. The number of nitro benzene ring substituents is 1. The fraction of sp³-hybridized carbons (Fsp3) is 0.491. The number of allylic oxidation sites excluding steroid dienone is 1. The van der Waals surface area contributed by atoms with Gasteiger partial charge in [-0.25, -0.2) is 8.42 Å². The summed E-state index contributed by atoms with van der Waals surface area (Å²) in [6, 6.07) is 19.0. The lowest BCUT2D eigenvalue weighted by molar-refractivity contribution is -0.384. The van der Waals surface area contributed by atoms with Gasteiger partial charge in [-0.05, 0) is 99.2 Å². The quantitative estimate of drug-likeness (QED) is 0.0859. The zero-order valence-corrected chi connectivity index (χ0v) is 42.5. The highest BCUT2D eigenvalue weighted by Gasteiger charge is 2.51. The normalized spacial score (nSPS) is 26.6. The van der Waals surface area contributed by atoms with Crippen LogP contribution in [0.25, 0.3) is 16.6 Å². The number of carbonyl (C=O) groups excluding carboxylic acids is 1. The van der Waals surface area contributed by atoms with E-state index in [-0.39, 0.29) is 87.1 Å². The molecular weight excluding hydrogens is 963 g/mol. The number of nitro groups is 1. The van der Waals surface area contributed by atoms with Gasteiger partial charge in [0.2, 0.25) is 15.7 Å². The third kappa shape index (κ3) is 8.08. The van der Waals surface area contributed by atoms with Gasteiger partial charge in [0.1, 0.15) is 28.9 Å². The first-order chi connectivity index (χ1) is 35.8. The van der Waals surface area contributed by atoms with E-state index in [2.05, 4.69) is 62.8 Å². The summed E-state index contributed by atoms with van der Waals surface area (Å²) in [5, 5.41) is 17.2. The molecule has 5 saturated heterocycles. The van der Waals surface area contributed by atoms with Crippen molar-refractivity contribution in [3.8, 4) is 11.6 Å². The standard InChI is InChI=1S/C55H63N9O9S/c1-32(2)40-6-3-4-7-41(40)43-8-5-16-62(43)37-24-55(25-37)13-17-60(18-14-55)44-10-9-42(52(56)65)50(63-26-34-29-70-19-12-47(34)73-54-46(63)20-33-11-15-57-53(33)59-54)51(44)74(68,69)39-22-45(64(66)67)49-48(23-39)72-30-35(58-49)27-61-28-38-21-36(61)31-71-38/h3-4,6-7,9-11,15,20,22-23,34-38,43,47,58H,1,5,8,12-14,16-19,21,24-31H2,2H3,(H2,56,65)(H,57,59)/t34-,35+,36-,38-,43+,47+/m1/s1. The van der Waals surface area contributed by atoms with Crippen LogP contribution in [0.4, 0.5) is 28.4 Å². The van der Waals surface area contributed by atoms with Gasteiger partial charge in [-0.15, -0.1) is 0 Å². The summed E-state index contributed by atoms with van der Waals surface area (Å²) >= 11 is 0. The monoisotopic (exact) mass is 1030 g/mol. The fourth-order valence-electron chi connectivity index (χ4n) is 13.9. The lowest BCUT2D eigenvalue weighted by Crippen LogP contribution is -2.55. The Balaban J connectivity index is 0.888. The number of H-pyrrole nitrogens is 1. The molecule has 13 rings (SSSR count). The van der Waals surface area contributed by atoms with E-state index in [1.807, 2.05) is 17.0 Å². The number of aromatic amines is 1. The Labute approximate surface area is 430 Å². The minimum Gasteiger partial charge on any atom is -0.489 e. The van der Waals surface area contributed by atoms with E-state index in [4.69, 9.17) is 29.7 Å². The number of ether oxygens (including phenoxy) is 4. The molecule has 1 spiro atoms. The van der Waals surface area contributed by atoms with Crippen molar-refractivity contribution in [3.63, 3.8) is 0 Å². The second-order valence-corrected chi connectivity index (χ2v) is 24.0. The number of aromatic nitrogens is 2. The second kappa shape index (κ2) is 18.2. The number of pyridine rings is 1. The van der Waals surface area contributed by atoms with Gasteiger partial charge in [0.15, 0.2) is 11.4 Å². The number of anilines is 4. The number of sulfone groups is 1. The molecule has 6 fully saturated rings. The van der Waals surface area contributed by atoms with Crippen molar-refractivity contribution in [3.05, 3.63) is 100 Å². The number of piperidine rings is 1. The van der Waals surface area contributed by atoms with Gasteiger partial charge in [0.25, 0.3) is 11.6 Å². The average molecular weight is 1030 g/mol. The van der Waals surface area contributed by atoms with Crippen molar-refractivity contribution < 1.29 is 37.1 Å². The Bertz CT molecular complexity index is 3200. The predicted octanol–water partition coefficient (Wildman–Crippen LogP) is 7.60. The van der Waals surface area contributed by atoms with Crippen LogP contribution in [-0.2, 0) is 19.3 Å². The highest BCUT2D eigenvalue weighted by Crippen LogP contribution is 2.56. The van der Waals surface area contributed by atoms with E-state index in [1.165, 1.54) is 17.2 Å². The summed E-state index contributed by atoms with van der Waals surface area (Å²) < 4.78 is 57.2. The number of likely N-dealkylation sites (tertiary alicyclic amines) is 2. The van der Waals surface area contributed by atoms with Crippen LogP contribution in [0.15, 0.2) is 83.2 Å². The second-order valence-electron chi connectivity index (χ2n) is 22.1. The number of hydrogen-bond acceptors (Lipinski definition) is 15. The molecule has 0 radical (unpaired) electrons. The lowest BCUT2D eigenvalue weighted by atomic mass is 9.59. The largest absolute Gasteiger partial charge is 0.489 e. The van der Waals surface area contributed by atoms with E-state index in [9.17, 15) is 14.9 Å². The van der Waals surface area contributed by atoms with Crippen LogP contribution in [0.3, 0.4) is 0 Å². The summed E-state index contributed by atoms with van der Waals surface area (Å²) in [7, 11) is -4.78. The molecular formula is C55H63N9O9S. The van der Waals surface area contributed by atoms with E-state index in [0.717, 1.165) is 75.1 Å². The van der Waals surface area contributed by atoms with Crippen LogP contribution in [0.2, 0.25) is 0 Å². The van der Waals surface area contributed by atoms with Gasteiger partial charge < -0.3 is 44.8 Å². The molecule has 8 aliphatic rings. The number of nitrogens with zero attached hydrogens (tertiary/aromatic N) is 6. The number of morpholine rings is 1. The van der Waals surface area contributed by atoms with Crippen LogP contribution >= 0.6 is 0 Å². The molecule has 2 bridgehead atoms. The molecule has 4 N–H and O–H groups in total. The zero-order chi connectivity index (χ0) is 50.6. The fourth-order valence-corrected chi connectivity index (χ4v) is 15.6. The third-order valence-corrected chi connectivity index (χ3v) is 19.4. The third-order valence-electron chi connectivity index (χ3n) is 17.6. The van der Waals surface area contributed by atoms with Crippen molar-refractivity contribution in [2.45, 2.75) is 104 Å². The van der Waals surface area contributed by atoms with E-state index in [1.54, 1.807) is 18.3 Å².